The molecule has 3 saturated heterocycles. The van der Waals surface area contributed by atoms with Gasteiger partial charge in [-0.1, -0.05) is 87.6 Å². The van der Waals surface area contributed by atoms with E-state index in [1.54, 1.807) is 56.5 Å². The highest BCUT2D eigenvalue weighted by Crippen LogP contribution is 2.40. The fraction of sp³-hybridized carbons (Fsp3) is 0.608. The maximum atomic E-state index is 14.8. The van der Waals surface area contributed by atoms with Gasteiger partial charge in [0.05, 0.1) is 115 Å². The molecule has 0 unspecified atom stereocenters. The second-order valence-electron chi connectivity index (χ2n) is 35.9. The van der Waals surface area contributed by atoms with Gasteiger partial charge in [0.1, 0.15) is 53.5 Å². The summed E-state index contributed by atoms with van der Waals surface area (Å²) in [5.41, 5.74) is 27.2. The Bertz CT molecular complexity index is 5090. The summed E-state index contributed by atoms with van der Waals surface area (Å²) in [6, 6.07) is 11.5. The van der Waals surface area contributed by atoms with Crippen LogP contribution >= 0.6 is 0 Å². The van der Waals surface area contributed by atoms with E-state index in [1.807, 2.05) is 100 Å². The molecule has 0 radical (unpaired) electrons. The smallest absolute Gasteiger partial charge is 0.329 e. The number of cyclic esters (lactones) is 1. The van der Waals surface area contributed by atoms with Crippen molar-refractivity contribution < 1.29 is 95.5 Å². The normalized spacial score (nSPS) is 26.6. The average molecular weight is 1860 g/mol. The number of aliphatic hydroxyl groups excluding tert-OH is 1. The van der Waals surface area contributed by atoms with Crippen LogP contribution in [0, 0.1) is 29.6 Å². The molecule has 134 heavy (non-hydrogen) atoms. The van der Waals surface area contributed by atoms with Crippen molar-refractivity contribution in [2.45, 2.75) is 225 Å². The number of allylic oxidation sites excluding steroid dienone is 6. The average Bonchev–Trinajstić information content (AvgIpc) is 1.77. The summed E-state index contributed by atoms with van der Waals surface area (Å²) in [7, 11) is 4.59. The van der Waals surface area contributed by atoms with Crippen LogP contribution in [0.1, 0.15) is 149 Å². The van der Waals surface area contributed by atoms with E-state index in [0.717, 1.165) is 72.5 Å². The lowest BCUT2D eigenvalue weighted by molar-refractivity contribution is -0.265. The fourth-order valence-electron chi connectivity index (χ4n) is 18.1. The summed E-state index contributed by atoms with van der Waals surface area (Å²) >= 11 is 0. The molecule has 2 bridgehead atoms. The van der Waals surface area contributed by atoms with Gasteiger partial charge in [-0.3, -0.25) is 28.9 Å². The Kier molecular flexibility index (Phi) is 39.3. The van der Waals surface area contributed by atoms with Gasteiger partial charge in [-0.25, -0.2) is 34.1 Å². The van der Waals surface area contributed by atoms with Gasteiger partial charge >= 0.3 is 5.97 Å². The number of hydrogen-bond acceptors (Lipinski definition) is 33. The summed E-state index contributed by atoms with van der Waals surface area (Å²) in [5, 5.41) is 41.1. The summed E-state index contributed by atoms with van der Waals surface area (Å²) in [6.07, 6.45) is 19.1. The summed E-state index contributed by atoms with van der Waals surface area (Å²) in [6.45, 7) is 20.4. The molecule has 9 heterocycles. The highest BCUT2D eigenvalue weighted by Gasteiger charge is 2.53. The van der Waals surface area contributed by atoms with Crippen LogP contribution in [-0.4, -0.2) is 292 Å². The highest BCUT2D eigenvalue weighted by molar-refractivity contribution is 6.39. The first-order valence-corrected chi connectivity index (χ1v) is 47.2. The number of anilines is 3. The van der Waals surface area contributed by atoms with Crippen molar-refractivity contribution in [2.75, 3.05) is 143 Å². The first-order valence-electron chi connectivity index (χ1n) is 47.2. The number of nitrogens with one attached hydrogen (secondary N) is 1. The van der Waals surface area contributed by atoms with E-state index in [0.29, 0.717) is 195 Å². The summed E-state index contributed by atoms with van der Waals surface area (Å²) in [5.74, 6) is -7.49. The Hall–Kier alpha value is -10.1. The molecule has 1 saturated carbocycles. The van der Waals surface area contributed by atoms with E-state index in [1.165, 1.54) is 18.3 Å². The van der Waals surface area contributed by atoms with Crippen LogP contribution in [0.5, 0.6) is 0 Å². The molecular formula is C97H137N17O20. The second kappa shape index (κ2) is 51.2. The lowest BCUT2D eigenvalue weighted by Crippen LogP contribution is -2.61. The van der Waals surface area contributed by atoms with Crippen molar-refractivity contribution in [3.05, 3.63) is 126 Å². The number of methoxy groups -OCH3 is 3. The molecule has 15 atom stereocenters. The number of nitrogens with zero attached hydrogens (tertiary/aromatic N) is 13. The number of aliphatic hydroxyl groups is 2. The maximum absolute atomic E-state index is 14.8. The molecule has 0 spiro atoms. The zero-order chi connectivity index (χ0) is 95.2. The Morgan fingerprint density at radius 3 is 2.20 bits per heavy atom. The van der Waals surface area contributed by atoms with Crippen LogP contribution in [0.4, 0.5) is 17.8 Å². The number of benzene rings is 2. The SMILES string of the molecule is CO[C@H]1C[C@@H]2CC[C@@H](C)[C@@](O)(O2)C(=O)C(=O)N2CCCC[C@H]2C(=O)O[C@H]([C@H](N)C[C@@H]2CC[C@@H](OCc3cccc(-c4cnc(N5CCN(Cc6cn(CCOCCOCCOCCOCCOCCC(=O)NCCCCn7nc(-c8ccc9oc(N)nc9c8)c8c(N)ncnc87)nn6)CC5)nc4)c3)[C@H](OC)C2)CC(=O)[C@H](C)/C=C(\C)[C@@H](O)[C@@H](OC)C(=O)[C@H](C)C[C@H](C)/C=C/C=C/C=C/1C. The van der Waals surface area contributed by atoms with Crippen molar-refractivity contribution in [2.24, 2.45) is 35.3 Å². The van der Waals surface area contributed by atoms with Gasteiger partial charge in [0, 0.05) is 146 Å². The molecule has 4 fully saturated rings. The van der Waals surface area contributed by atoms with E-state index < -0.39 is 83.8 Å². The molecule has 4 aliphatic heterocycles. The largest absolute Gasteiger partial charge is 0.459 e. The number of nitrogens with two attached hydrogens (primary N) is 3. The number of carbonyl (C=O) groups is 6. The Labute approximate surface area is 783 Å². The molecule has 12 rings (SSSR count). The number of esters is 1. The minimum absolute atomic E-state index is 0.0203. The predicted octanol–water partition coefficient (Wildman–Crippen LogP) is 8.65. The molecule has 37 nitrogen and oxygen atoms in total. The lowest BCUT2D eigenvalue weighted by Gasteiger charge is -2.42. The maximum Gasteiger partial charge on any atom is 0.329 e. The molecule has 730 valence electrons. The van der Waals surface area contributed by atoms with Crippen LogP contribution in [-0.2, 0) is 107 Å². The minimum atomic E-state index is -2.49. The third-order valence-electron chi connectivity index (χ3n) is 26.0. The Balaban J connectivity index is 0.525. The lowest BCUT2D eigenvalue weighted by atomic mass is 9.80. The number of nitrogen functional groups attached to an aromatic ring is 2. The molecular weight excluding hydrogens is 1720 g/mol. The Morgan fingerprint density at radius 1 is 0.731 bits per heavy atom. The van der Waals surface area contributed by atoms with Gasteiger partial charge in [0.25, 0.3) is 17.7 Å². The number of ketones is 3. The molecule has 1 aliphatic carbocycles. The Morgan fingerprint density at radius 2 is 1.47 bits per heavy atom. The standard InChI is InChI=1S/C97H137N17O20/c1-62-18-11-10-12-19-63(2)81(123-7)54-74-26-23-67(6)97(122,134-74)90(119)93(120)113-31-15-13-22-77(113)94(121)132-82(55-78(115)64(3)49-66(5)88(118)89(125-9)87(117)65(4)48-62)75(98)51-68-24-27-80(83(52-68)124-8)131-60-69-20-17-21-70(50-69)72-56-102-96(103-57-72)111-35-33-110(34-36-111)58-73-59-112(109-107-73)37-39-127-41-43-129-45-47-130-46-44-128-42-40-126-38-29-84(116)101-30-14-16-32-114-92-85(91(99)104-61-105-92)86(108-114)71-25-28-79-76(53-71)106-95(100)133-79/h10-12,17-21,25,28,49-50,53,56-57,59,61-62,64-65,67-68,74-75,77,80-83,88-89,118,122H,13-16,22-24,26-27,29-48,51-52,54-55,58,60,98H2,1-9H3,(H2,100,106)(H,101,116)(H2,99,104,105)/b12-10+,18-11+,63-19+,66-49+/t62-,64-,65-,67-,68+,74+,75-,77+,80-,81+,82+,83-,88-,89+,97-/m1/s1. The van der Waals surface area contributed by atoms with Crippen molar-refractivity contribution in [3.63, 3.8) is 0 Å². The number of fused-ring (bicyclic) bond motifs is 5. The number of aryl methyl sites for hydroxylation is 1. The van der Waals surface area contributed by atoms with Crippen LogP contribution in [0.15, 0.2) is 119 Å². The van der Waals surface area contributed by atoms with Gasteiger partial charge in [-0.05, 0) is 149 Å². The number of unbranched alkanes of at least 4 members (excludes halogenated alkanes) is 1. The number of oxazole rings is 1. The number of rotatable bonds is 37. The van der Waals surface area contributed by atoms with Crippen LogP contribution in [0.3, 0.4) is 0 Å². The number of amides is 2. The molecule has 7 aromatic rings. The molecule has 5 aliphatic rings. The van der Waals surface area contributed by atoms with Crippen LogP contribution in [0.25, 0.3) is 44.5 Å². The molecule has 37 heteroatoms. The summed E-state index contributed by atoms with van der Waals surface area (Å²) < 4.78 is 74.3. The fourth-order valence-corrected chi connectivity index (χ4v) is 18.1. The number of ether oxygens (including phenoxy) is 11. The van der Waals surface area contributed by atoms with Crippen LogP contribution < -0.4 is 27.4 Å². The zero-order valence-electron chi connectivity index (χ0n) is 78.9. The number of Topliss-reactive ketones (excluding diaryl/α,β-unsaturated/α-hetero) is 3. The molecule has 2 aromatic carbocycles. The van der Waals surface area contributed by atoms with E-state index in [-0.39, 0.29) is 86.4 Å². The zero-order valence-corrected chi connectivity index (χ0v) is 78.9. The van der Waals surface area contributed by atoms with Gasteiger partial charge in [-0.15, -0.1) is 5.10 Å². The highest BCUT2D eigenvalue weighted by atomic mass is 16.6. The third-order valence-corrected chi connectivity index (χ3v) is 26.0. The first-order chi connectivity index (χ1) is 64.8. The van der Waals surface area contributed by atoms with Crippen molar-refractivity contribution in [1.82, 2.24) is 64.8 Å². The van der Waals surface area contributed by atoms with Crippen molar-refractivity contribution in [1.29, 1.82) is 0 Å². The number of piperazine rings is 1. The van der Waals surface area contributed by atoms with Crippen molar-refractivity contribution in [3.8, 4) is 22.4 Å². The minimum Gasteiger partial charge on any atom is -0.459 e. The van der Waals surface area contributed by atoms with Crippen molar-refractivity contribution >= 4 is 75.0 Å². The number of piperidine rings is 1. The van der Waals surface area contributed by atoms with E-state index in [9.17, 15) is 39.0 Å². The number of aromatic nitrogens is 10. The van der Waals surface area contributed by atoms with Gasteiger partial charge in [0.2, 0.25) is 17.6 Å². The first kappa shape index (κ1) is 103. The summed E-state index contributed by atoms with van der Waals surface area (Å²) in [4.78, 5) is 113. The number of carbonyl (C=O) groups excluding carboxylic acids is 6. The number of hydrogen-bond donors (Lipinski definition) is 6. The van der Waals surface area contributed by atoms with E-state index in [4.69, 9.17) is 88.8 Å². The van der Waals surface area contributed by atoms with Gasteiger partial charge < -0.3 is 99.1 Å². The topological polar surface area (TPSA) is 470 Å². The monoisotopic (exact) mass is 1860 g/mol. The molecule has 5 aromatic heterocycles. The third kappa shape index (κ3) is 28.8. The van der Waals surface area contributed by atoms with Crippen LogP contribution in [0.2, 0.25) is 0 Å². The van der Waals surface area contributed by atoms with Gasteiger partial charge in [0.15, 0.2) is 17.0 Å². The van der Waals surface area contributed by atoms with Gasteiger partial charge in [-0.2, -0.15) is 10.1 Å². The predicted molar refractivity (Wildman–Crippen MR) is 500 cm³/mol. The quantitative estimate of drug-likeness (QED) is 0.00917. The van der Waals surface area contributed by atoms with E-state index >= 15 is 0 Å². The molecule has 9 N–H and O–H groups in total. The van der Waals surface area contributed by atoms with E-state index in [2.05, 4.69) is 46.4 Å². The second-order valence-corrected chi connectivity index (χ2v) is 35.9. The molecule has 2 amide bonds.